The third-order valence-electron chi connectivity index (χ3n) is 1.83. The molecule has 0 saturated heterocycles. The third-order valence-corrected chi connectivity index (χ3v) is 2.24. The summed E-state index contributed by atoms with van der Waals surface area (Å²) in [7, 11) is 1.85. The van der Waals surface area contributed by atoms with Crippen molar-refractivity contribution in [1.82, 2.24) is 0 Å². The van der Waals surface area contributed by atoms with Gasteiger partial charge in [-0.25, -0.2) is 0 Å². The number of halogens is 1. The average molecular weight is 200 g/mol. The third kappa shape index (κ3) is 2.28. The summed E-state index contributed by atoms with van der Waals surface area (Å²) < 4.78 is 5.44. The van der Waals surface area contributed by atoms with Crippen LogP contribution in [0.5, 0.6) is 5.75 Å². The van der Waals surface area contributed by atoms with E-state index in [0.29, 0.717) is 6.61 Å². The highest BCUT2D eigenvalue weighted by atomic mass is 35.5. The van der Waals surface area contributed by atoms with Gasteiger partial charge < -0.3 is 10.1 Å². The molecule has 1 N–H and O–H groups in total. The van der Waals surface area contributed by atoms with Crippen molar-refractivity contribution in [3.8, 4) is 5.75 Å². The molecule has 0 atom stereocenters. The van der Waals surface area contributed by atoms with Gasteiger partial charge in [0, 0.05) is 12.1 Å². The average Bonchev–Trinajstić information content (AvgIpc) is 2.11. The molecule has 1 aromatic carbocycles. The van der Waals surface area contributed by atoms with Gasteiger partial charge in [-0.2, -0.15) is 0 Å². The number of hydrogen-bond donors (Lipinski definition) is 1. The molecule has 0 aliphatic carbocycles. The molecule has 0 spiro atoms. The van der Waals surface area contributed by atoms with E-state index in [0.717, 1.165) is 22.0 Å². The predicted octanol–water partition coefficient (Wildman–Crippen LogP) is 3.09. The van der Waals surface area contributed by atoms with Crippen molar-refractivity contribution in [3.63, 3.8) is 0 Å². The largest absolute Gasteiger partial charge is 0.492 e. The summed E-state index contributed by atoms with van der Waals surface area (Å²) in [6.07, 6.45) is 0. The number of nitrogens with one attached hydrogen (secondary N) is 1. The maximum absolute atomic E-state index is 5.97. The zero-order valence-corrected chi connectivity index (χ0v) is 8.90. The van der Waals surface area contributed by atoms with E-state index < -0.39 is 0 Å². The van der Waals surface area contributed by atoms with E-state index in [1.807, 2.05) is 33.0 Å². The summed E-state index contributed by atoms with van der Waals surface area (Å²) >= 11 is 5.97. The minimum Gasteiger partial charge on any atom is -0.492 e. The Labute approximate surface area is 83.9 Å². The normalized spacial score (nSPS) is 9.85. The van der Waals surface area contributed by atoms with Crippen molar-refractivity contribution in [1.29, 1.82) is 0 Å². The van der Waals surface area contributed by atoms with E-state index in [1.165, 1.54) is 0 Å². The van der Waals surface area contributed by atoms with Gasteiger partial charge >= 0.3 is 0 Å². The van der Waals surface area contributed by atoms with E-state index in [-0.39, 0.29) is 0 Å². The Kier molecular flexibility index (Phi) is 3.43. The Morgan fingerprint density at radius 3 is 2.69 bits per heavy atom. The first-order chi connectivity index (χ1) is 6.19. The van der Waals surface area contributed by atoms with Crippen LogP contribution in [0.15, 0.2) is 12.1 Å². The molecule has 0 bridgehead atoms. The first-order valence-corrected chi connectivity index (χ1v) is 4.67. The lowest BCUT2D eigenvalue weighted by atomic mass is 10.2. The van der Waals surface area contributed by atoms with Gasteiger partial charge in [-0.05, 0) is 31.5 Å². The standard InChI is InChI=1S/C10H14ClNO/c1-4-13-10-5-7(2)8(11)6-9(10)12-3/h5-6,12H,4H2,1-3H3. The highest BCUT2D eigenvalue weighted by Crippen LogP contribution is 2.30. The second kappa shape index (κ2) is 4.38. The maximum Gasteiger partial charge on any atom is 0.142 e. The molecule has 72 valence electrons. The molecule has 3 heteroatoms. The van der Waals surface area contributed by atoms with Gasteiger partial charge in [0.05, 0.1) is 12.3 Å². The number of rotatable bonds is 3. The molecule has 2 nitrogen and oxygen atoms in total. The zero-order chi connectivity index (χ0) is 9.84. The van der Waals surface area contributed by atoms with Crippen LogP contribution in [0.2, 0.25) is 5.02 Å². The lowest BCUT2D eigenvalue weighted by Crippen LogP contribution is -1.98. The van der Waals surface area contributed by atoms with Crippen molar-refractivity contribution in [2.24, 2.45) is 0 Å². The zero-order valence-electron chi connectivity index (χ0n) is 8.15. The molecular formula is C10H14ClNO. The highest BCUT2D eigenvalue weighted by molar-refractivity contribution is 6.31. The Hall–Kier alpha value is -0.890. The molecule has 0 aromatic heterocycles. The van der Waals surface area contributed by atoms with Crippen LogP contribution in [0, 0.1) is 6.92 Å². The second-order valence-corrected chi connectivity index (χ2v) is 3.19. The molecule has 0 unspecified atom stereocenters. The summed E-state index contributed by atoms with van der Waals surface area (Å²) in [5.41, 5.74) is 1.96. The summed E-state index contributed by atoms with van der Waals surface area (Å²) in [5, 5.41) is 3.80. The highest BCUT2D eigenvalue weighted by Gasteiger charge is 2.05. The van der Waals surface area contributed by atoms with Crippen LogP contribution < -0.4 is 10.1 Å². The summed E-state index contributed by atoms with van der Waals surface area (Å²) in [6, 6.07) is 3.82. The van der Waals surface area contributed by atoms with Crippen molar-refractivity contribution in [2.75, 3.05) is 19.0 Å². The SMILES string of the molecule is CCOc1cc(C)c(Cl)cc1NC. The molecule has 0 aliphatic rings. The first-order valence-electron chi connectivity index (χ1n) is 4.29. The van der Waals surface area contributed by atoms with Crippen molar-refractivity contribution >= 4 is 17.3 Å². The molecule has 0 radical (unpaired) electrons. The van der Waals surface area contributed by atoms with Gasteiger partial charge in [-0.1, -0.05) is 11.6 Å². The van der Waals surface area contributed by atoms with Gasteiger partial charge in [-0.3, -0.25) is 0 Å². The van der Waals surface area contributed by atoms with Crippen LogP contribution in [0.1, 0.15) is 12.5 Å². The number of hydrogen-bond acceptors (Lipinski definition) is 2. The summed E-state index contributed by atoms with van der Waals surface area (Å²) in [4.78, 5) is 0. The lowest BCUT2D eigenvalue weighted by Gasteiger charge is -2.11. The maximum atomic E-state index is 5.97. The second-order valence-electron chi connectivity index (χ2n) is 2.78. The number of aryl methyl sites for hydroxylation is 1. The molecule has 1 rings (SSSR count). The summed E-state index contributed by atoms with van der Waals surface area (Å²) in [5.74, 6) is 0.854. The fourth-order valence-corrected chi connectivity index (χ4v) is 1.29. The van der Waals surface area contributed by atoms with Gasteiger partial charge in [0.15, 0.2) is 0 Å². The van der Waals surface area contributed by atoms with E-state index in [9.17, 15) is 0 Å². The Balaban J connectivity index is 3.09. The van der Waals surface area contributed by atoms with E-state index in [1.54, 1.807) is 0 Å². The first kappa shape index (κ1) is 10.2. The predicted molar refractivity (Wildman–Crippen MR) is 56.9 cm³/mol. The number of benzene rings is 1. The molecule has 0 saturated carbocycles. The lowest BCUT2D eigenvalue weighted by molar-refractivity contribution is 0.341. The number of ether oxygens (including phenoxy) is 1. The molecule has 0 aliphatic heterocycles. The Morgan fingerprint density at radius 1 is 1.46 bits per heavy atom. The van der Waals surface area contributed by atoms with Crippen LogP contribution in [0.4, 0.5) is 5.69 Å². The smallest absolute Gasteiger partial charge is 0.142 e. The number of anilines is 1. The topological polar surface area (TPSA) is 21.3 Å². The molecule has 13 heavy (non-hydrogen) atoms. The van der Waals surface area contributed by atoms with Gasteiger partial charge in [0.25, 0.3) is 0 Å². The van der Waals surface area contributed by atoms with Gasteiger partial charge in [0.2, 0.25) is 0 Å². The van der Waals surface area contributed by atoms with Gasteiger partial charge in [0.1, 0.15) is 5.75 Å². The van der Waals surface area contributed by atoms with E-state index >= 15 is 0 Å². The summed E-state index contributed by atoms with van der Waals surface area (Å²) in [6.45, 7) is 4.59. The van der Waals surface area contributed by atoms with Crippen molar-refractivity contribution < 1.29 is 4.74 Å². The molecule has 0 fully saturated rings. The fourth-order valence-electron chi connectivity index (χ4n) is 1.13. The molecule has 0 amide bonds. The van der Waals surface area contributed by atoms with E-state index in [2.05, 4.69) is 5.32 Å². The van der Waals surface area contributed by atoms with Crippen LogP contribution >= 0.6 is 11.6 Å². The minimum atomic E-state index is 0.662. The van der Waals surface area contributed by atoms with Crippen LogP contribution in [0.3, 0.4) is 0 Å². The van der Waals surface area contributed by atoms with Crippen LogP contribution in [-0.4, -0.2) is 13.7 Å². The monoisotopic (exact) mass is 199 g/mol. The molecular weight excluding hydrogens is 186 g/mol. The fraction of sp³-hybridized carbons (Fsp3) is 0.400. The Morgan fingerprint density at radius 2 is 2.15 bits per heavy atom. The Bertz CT molecular complexity index is 299. The molecule has 1 aromatic rings. The van der Waals surface area contributed by atoms with Crippen molar-refractivity contribution in [2.45, 2.75) is 13.8 Å². The van der Waals surface area contributed by atoms with Crippen LogP contribution in [0.25, 0.3) is 0 Å². The van der Waals surface area contributed by atoms with E-state index in [4.69, 9.17) is 16.3 Å². The minimum absolute atomic E-state index is 0.662. The van der Waals surface area contributed by atoms with Gasteiger partial charge in [-0.15, -0.1) is 0 Å². The quantitative estimate of drug-likeness (QED) is 0.808. The molecule has 0 heterocycles. The van der Waals surface area contributed by atoms with Crippen molar-refractivity contribution in [3.05, 3.63) is 22.7 Å². The van der Waals surface area contributed by atoms with Crippen LogP contribution in [-0.2, 0) is 0 Å².